The van der Waals surface area contributed by atoms with Gasteiger partial charge in [0, 0.05) is 62.9 Å². The Kier molecular flexibility index (Phi) is 5.53. The number of hydrogen-bond acceptors (Lipinski definition) is 5. The minimum absolute atomic E-state index is 0.0355. The Hall–Kier alpha value is -2.49. The smallest absolute Gasteiger partial charge is 0.243 e. The van der Waals surface area contributed by atoms with Crippen LogP contribution in [-0.4, -0.2) is 73.7 Å². The number of fused-ring (bicyclic) bond motifs is 1. The third kappa shape index (κ3) is 3.81. The maximum Gasteiger partial charge on any atom is 0.243 e. The van der Waals surface area contributed by atoms with Crippen LogP contribution in [0.2, 0.25) is 0 Å². The van der Waals surface area contributed by atoms with Crippen molar-refractivity contribution in [3.8, 4) is 0 Å². The second-order valence-corrected chi connectivity index (χ2v) is 10.3. The summed E-state index contributed by atoms with van der Waals surface area (Å²) in [5.41, 5.74) is 4.22. The molecule has 2 aliphatic rings. The lowest BCUT2D eigenvalue weighted by Gasteiger charge is -2.33. The van der Waals surface area contributed by atoms with Gasteiger partial charge in [0.2, 0.25) is 15.9 Å². The molecular weight excluding hydrogens is 416 g/mol. The number of nitrogens with zero attached hydrogens (tertiary/aromatic N) is 4. The van der Waals surface area contributed by atoms with Gasteiger partial charge >= 0.3 is 0 Å². The molecule has 9 heteroatoms. The van der Waals surface area contributed by atoms with Crippen molar-refractivity contribution in [2.75, 3.05) is 44.7 Å². The number of sulfonamides is 1. The molecule has 0 saturated carbocycles. The predicted molar refractivity (Wildman–Crippen MR) is 118 cm³/mol. The maximum absolute atomic E-state index is 13.1. The van der Waals surface area contributed by atoms with E-state index in [2.05, 4.69) is 0 Å². The van der Waals surface area contributed by atoms with Gasteiger partial charge in [-0.1, -0.05) is 0 Å². The molecule has 1 aromatic carbocycles. The number of carbonyl (C=O) groups is 2. The van der Waals surface area contributed by atoms with Gasteiger partial charge in [-0.05, 0) is 43.7 Å². The fraction of sp³-hybridized carbons (Fsp3) is 0.455. The number of aromatic nitrogens is 1. The number of ketones is 1. The van der Waals surface area contributed by atoms with E-state index in [9.17, 15) is 18.0 Å². The number of rotatable bonds is 5. The zero-order valence-corrected chi connectivity index (χ0v) is 19.2. The van der Waals surface area contributed by atoms with Crippen LogP contribution in [0.5, 0.6) is 0 Å². The normalized spacial score (nSPS) is 17.9. The summed E-state index contributed by atoms with van der Waals surface area (Å²) in [5, 5.41) is 0. The first kappa shape index (κ1) is 21.7. The zero-order valence-electron chi connectivity index (χ0n) is 18.4. The largest absolute Gasteiger partial charge is 0.351 e. The Labute approximate surface area is 183 Å². The van der Waals surface area contributed by atoms with Crippen LogP contribution >= 0.6 is 0 Å². The third-order valence-corrected chi connectivity index (χ3v) is 8.43. The number of amides is 1. The molecule has 0 bridgehead atoms. The highest BCUT2D eigenvalue weighted by atomic mass is 32.2. The summed E-state index contributed by atoms with van der Waals surface area (Å²) in [4.78, 5) is 28.4. The van der Waals surface area contributed by atoms with Crippen LogP contribution in [0.15, 0.2) is 29.2 Å². The fourth-order valence-corrected chi connectivity index (χ4v) is 5.78. The van der Waals surface area contributed by atoms with E-state index in [1.165, 1.54) is 4.31 Å². The lowest BCUT2D eigenvalue weighted by atomic mass is 10.1. The second-order valence-electron chi connectivity index (χ2n) is 8.37. The molecule has 0 atom stereocenters. The third-order valence-electron chi connectivity index (χ3n) is 6.54. The molecule has 0 radical (unpaired) electrons. The van der Waals surface area contributed by atoms with E-state index in [-0.39, 0.29) is 29.6 Å². The van der Waals surface area contributed by atoms with E-state index < -0.39 is 10.0 Å². The van der Waals surface area contributed by atoms with Crippen LogP contribution in [0.4, 0.5) is 5.69 Å². The summed E-state index contributed by atoms with van der Waals surface area (Å²) in [7, 11) is -0.00506. The van der Waals surface area contributed by atoms with Gasteiger partial charge in [0.1, 0.15) is 0 Å². The number of likely N-dealkylation sites (N-methyl/N-ethyl adjacent to an activating group) is 1. The average molecular weight is 445 g/mol. The topological polar surface area (TPSA) is 82.9 Å². The standard InChI is InChI=1S/C22H28N4O4S/c1-15-11-19(16(2)23(15)3)21(27)14-25-7-9-26(10-8-25)31(29,30)18-5-6-20-17(12-18)13-22(28)24(20)4/h5-6,11-12H,7-10,13-14H2,1-4H3. The maximum atomic E-state index is 13.1. The monoisotopic (exact) mass is 444 g/mol. The van der Waals surface area contributed by atoms with E-state index in [0.717, 1.165) is 28.2 Å². The molecule has 0 N–H and O–H groups in total. The number of carbonyl (C=O) groups excluding carboxylic acids is 2. The second kappa shape index (κ2) is 7.89. The molecule has 3 heterocycles. The van der Waals surface area contributed by atoms with Crippen molar-refractivity contribution >= 4 is 27.4 Å². The highest BCUT2D eigenvalue weighted by Gasteiger charge is 2.32. The molecule has 8 nitrogen and oxygen atoms in total. The molecular formula is C22H28N4O4S. The first-order valence-electron chi connectivity index (χ1n) is 10.4. The van der Waals surface area contributed by atoms with E-state index in [0.29, 0.717) is 26.2 Å². The van der Waals surface area contributed by atoms with Crippen molar-refractivity contribution in [1.82, 2.24) is 13.8 Å². The molecule has 166 valence electrons. The molecule has 0 aliphatic carbocycles. The van der Waals surface area contributed by atoms with E-state index in [4.69, 9.17) is 0 Å². The van der Waals surface area contributed by atoms with Gasteiger partial charge in [-0.2, -0.15) is 4.31 Å². The summed E-state index contributed by atoms with van der Waals surface area (Å²) >= 11 is 0. The number of benzene rings is 1. The van der Waals surface area contributed by atoms with Gasteiger partial charge in [-0.3, -0.25) is 14.5 Å². The first-order chi connectivity index (χ1) is 14.6. The van der Waals surface area contributed by atoms with Crippen molar-refractivity contribution in [3.05, 3.63) is 46.8 Å². The number of piperazine rings is 1. The Morgan fingerprint density at radius 2 is 1.71 bits per heavy atom. The van der Waals surface area contributed by atoms with E-state index in [1.807, 2.05) is 36.4 Å². The van der Waals surface area contributed by atoms with Crippen molar-refractivity contribution in [2.45, 2.75) is 25.2 Å². The number of Topliss-reactive ketones (excluding diaryl/α,β-unsaturated/α-hetero) is 1. The average Bonchev–Trinajstić information content (AvgIpc) is 3.17. The number of hydrogen-bond donors (Lipinski definition) is 0. The molecule has 0 unspecified atom stereocenters. The SMILES string of the molecule is Cc1cc(C(=O)CN2CCN(S(=O)(=O)c3ccc4c(c3)CC(=O)N4C)CC2)c(C)n1C. The van der Waals surface area contributed by atoms with Crippen molar-refractivity contribution in [3.63, 3.8) is 0 Å². The minimum atomic E-state index is -3.64. The van der Waals surface area contributed by atoms with E-state index in [1.54, 1.807) is 30.1 Å². The molecule has 31 heavy (non-hydrogen) atoms. The van der Waals surface area contributed by atoms with Crippen LogP contribution in [0, 0.1) is 13.8 Å². The van der Waals surface area contributed by atoms with Crippen LogP contribution < -0.4 is 4.90 Å². The van der Waals surface area contributed by atoms with Gasteiger partial charge in [0.15, 0.2) is 5.78 Å². The van der Waals surface area contributed by atoms with E-state index >= 15 is 0 Å². The summed E-state index contributed by atoms with van der Waals surface area (Å²) in [6, 6.07) is 6.79. The van der Waals surface area contributed by atoms with Crippen LogP contribution in [0.25, 0.3) is 0 Å². The molecule has 1 amide bonds. The molecule has 1 fully saturated rings. The predicted octanol–water partition coefficient (Wildman–Crippen LogP) is 1.35. The molecule has 1 aromatic heterocycles. The molecule has 4 rings (SSSR count). The zero-order chi connectivity index (χ0) is 22.5. The van der Waals surface area contributed by atoms with Crippen molar-refractivity contribution in [1.29, 1.82) is 0 Å². The van der Waals surface area contributed by atoms with Crippen LogP contribution in [0.1, 0.15) is 27.3 Å². The number of anilines is 1. The van der Waals surface area contributed by atoms with Crippen LogP contribution in [-0.2, 0) is 28.3 Å². The van der Waals surface area contributed by atoms with Gasteiger partial charge in [0.25, 0.3) is 0 Å². The highest BCUT2D eigenvalue weighted by Crippen LogP contribution is 2.31. The molecule has 0 spiro atoms. The van der Waals surface area contributed by atoms with Gasteiger partial charge in [-0.15, -0.1) is 0 Å². The summed E-state index contributed by atoms with van der Waals surface area (Å²) in [6.07, 6.45) is 0.226. The van der Waals surface area contributed by atoms with Gasteiger partial charge < -0.3 is 9.47 Å². The molecule has 2 aliphatic heterocycles. The Morgan fingerprint density at radius 3 is 2.32 bits per heavy atom. The van der Waals surface area contributed by atoms with Crippen LogP contribution in [0.3, 0.4) is 0 Å². The summed E-state index contributed by atoms with van der Waals surface area (Å²) < 4.78 is 29.7. The lowest BCUT2D eigenvalue weighted by Crippen LogP contribution is -2.49. The van der Waals surface area contributed by atoms with Gasteiger partial charge in [0.05, 0.1) is 17.9 Å². The summed E-state index contributed by atoms with van der Waals surface area (Å²) in [5.74, 6) is 0.0246. The number of aryl methyl sites for hydroxylation is 1. The fourth-order valence-electron chi connectivity index (χ4n) is 4.31. The highest BCUT2D eigenvalue weighted by molar-refractivity contribution is 7.89. The first-order valence-corrected chi connectivity index (χ1v) is 11.8. The quantitative estimate of drug-likeness (QED) is 0.650. The Balaban J connectivity index is 1.41. The Bertz CT molecular complexity index is 1160. The van der Waals surface area contributed by atoms with Crippen molar-refractivity contribution in [2.24, 2.45) is 7.05 Å². The molecule has 1 saturated heterocycles. The lowest BCUT2D eigenvalue weighted by molar-refractivity contribution is -0.117. The summed E-state index contributed by atoms with van der Waals surface area (Å²) in [6.45, 7) is 5.86. The Morgan fingerprint density at radius 1 is 1.03 bits per heavy atom. The molecule has 2 aromatic rings. The van der Waals surface area contributed by atoms with Gasteiger partial charge in [-0.25, -0.2) is 8.42 Å². The van der Waals surface area contributed by atoms with Crippen molar-refractivity contribution < 1.29 is 18.0 Å². The minimum Gasteiger partial charge on any atom is -0.351 e.